The lowest BCUT2D eigenvalue weighted by Gasteiger charge is -2.10. The summed E-state index contributed by atoms with van der Waals surface area (Å²) < 4.78 is 23.4. The van der Waals surface area contributed by atoms with E-state index in [4.69, 9.17) is 11.6 Å². The lowest BCUT2D eigenvalue weighted by molar-refractivity contribution is 0.102. The van der Waals surface area contributed by atoms with Crippen LogP contribution >= 0.6 is 23.4 Å². The Bertz CT molecular complexity index is 942. The summed E-state index contributed by atoms with van der Waals surface area (Å²) in [5.41, 5.74) is 0.698. The van der Waals surface area contributed by atoms with Crippen molar-refractivity contribution in [3.63, 3.8) is 0 Å². The van der Waals surface area contributed by atoms with Gasteiger partial charge in [0, 0.05) is 36.5 Å². The number of benzene rings is 2. The van der Waals surface area contributed by atoms with Gasteiger partial charge in [0.2, 0.25) is 0 Å². The fourth-order valence-corrected chi connectivity index (χ4v) is 3.89. The fraction of sp³-hybridized carbons (Fsp3) is 0.176. The molecule has 6 nitrogen and oxygen atoms in total. The van der Waals surface area contributed by atoms with Gasteiger partial charge in [0.05, 0.1) is 9.92 Å². The molecule has 0 radical (unpaired) electrons. The molecule has 2 aromatic carbocycles. The van der Waals surface area contributed by atoms with Crippen molar-refractivity contribution in [1.82, 2.24) is 4.90 Å². The van der Waals surface area contributed by atoms with Crippen LogP contribution in [-0.2, 0) is 9.84 Å². The number of sulfone groups is 1. The van der Waals surface area contributed by atoms with Crippen molar-refractivity contribution in [2.75, 3.05) is 25.7 Å². The molecule has 0 heterocycles. The first kappa shape index (κ1) is 20.3. The van der Waals surface area contributed by atoms with Gasteiger partial charge in [-0.25, -0.2) is 8.42 Å². The van der Waals surface area contributed by atoms with Crippen molar-refractivity contribution >= 4 is 50.0 Å². The summed E-state index contributed by atoms with van der Waals surface area (Å²) >= 11 is 6.96. The minimum Gasteiger partial charge on any atom is -0.339 e. The van der Waals surface area contributed by atoms with Gasteiger partial charge in [-0.3, -0.25) is 9.59 Å². The van der Waals surface area contributed by atoms with Crippen LogP contribution in [0.25, 0.3) is 0 Å². The number of carbonyl (C=O) groups is 2. The third-order valence-electron chi connectivity index (χ3n) is 3.28. The van der Waals surface area contributed by atoms with Crippen LogP contribution in [0.2, 0.25) is 5.02 Å². The first-order valence-electron chi connectivity index (χ1n) is 7.38. The highest BCUT2D eigenvalue weighted by Crippen LogP contribution is 2.24. The van der Waals surface area contributed by atoms with Crippen molar-refractivity contribution in [1.29, 1.82) is 0 Å². The zero-order chi connectivity index (χ0) is 19.5. The van der Waals surface area contributed by atoms with E-state index >= 15 is 0 Å². The van der Waals surface area contributed by atoms with E-state index < -0.39 is 15.7 Å². The van der Waals surface area contributed by atoms with Crippen LogP contribution in [-0.4, -0.2) is 44.8 Å². The van der Waals surface area contributed by atoms with Crippen LogP contribution in [0.3, 0.4) is 0 Å². The summed E-state index contributed by atoms with van der Waals surface area (Å²) in [6.07, 6.45) is 1.03. The second-order valence-corrected chi connectivity index (χ2v) is 9.07. The van der Waals surface area contributed by atoms with Gasteiger partial charge in [0.15, 0.2) is 9.84 Å². The number of amides is 2. The minimum absolute atomic E-state index is 0.0657. The van der Waals surface area contributed by atoms with Crippen molar-refractivity contribution < 1.29 is 18.0 Å². The average Bonchev–Trinajstić information content (AvgIpc) is 2.55. The van der Waals surface area contributed by atoms with Crippen molar-refractivity contribution in [3.8, 4) is 0 Å². The van der Waals surface area contributed by atoms with E-state index in [9.17, 15) is 18.0 Å². The number of nitrogens with one attached hydrogen (secondary N) is 1. The second kappa shape index (κ2) is 8.11. The standard InChI is InChI=1S/C17H17ClN2O4S2/c1-20(2)17(22)25-13-7-5-12(6-8-13)19-16(21)11-4-9-14(18)15(10-11)26(3,23)24/h4-10H,1-3H3,(H,19,21). The topological polar surface area (TPSA) is 83.6 Å². The number of anilines is 1. The molecule has 138 valence electrons. The van der Waals surface area contributed by atoms with E-state index in [2.05, 4.69) is 5.32 Å². The Labute approximate surface area is 161 Å². The highest BCUT2D eigenvalue weighted by molar-refractivity contribution is 8.13. The lowest BCUT2D eigenvalue weighted by atomic mass is 10.2. The quantitative estimate of drug-likeness (QED) is 0.773. The molecule has 26 heavy (non-hydrogen) atoms. The van der Waals surface area contributed by atoms with E-state index in [0.29, 0.717) is 5.69 Å². The molecular weight excluding hydrogens is 396 g/mol. The van der Waals surface area contributed by atoms with Crippen LogP contribution in [0.4, 0.5) is 10.5 Å². The van der Waals surface area contributed by atoms with Crippen LogP contribution in [0.15, 0.2) is 52.3 Å². The Morgan fingerprint density at radius 3 is 2.23 bits per heavy atom. The predicted octanol–water partition coefficient (Wildman–Crippen LogP) is 3.77. The second-order valence-electron chi connectivity index (χ2n) is 5.66. The number of halogens is 1. The molecular formula is C17H17ClN2O4S2. The molecule has 0 atom stereocenters. The number of rotatable bonds is 4. The zero-order valence-corrected chi connectivity index (χ0v) is 16.7. The predicted molar refractivity (Wildman–Crippen MR) is 104 cm³/mol. The van der Waals surface area contributed by atoms with Gasteiger partial charge in [0.1, 0.15) is 0 Å². The number of hydrogen-bond acceptors (Lipinski definition) is 5. The molecule has 0 bridgehead atoms. The van der Waals surface area contributed by atoms with E-state index in [-0.39, 0.29) is 20.7 Å². The molecule has 1 N–H and O–H groups in total. The monoisotopic (exact) mass is 412 g/mol. The van der Waals surface area contributed by atoms with E-state index in [1.165, 1.54) is 23.1 Å². The molecule has 0 spiro atoms. The molecule has 0 unspecified atom stereocenters. The zero-order valence-electron chi connectivity index (χ0n) is 14.3. The number of nitrogens with zero attached hydrogens (tertiary/aromatic N) is 1. The third-order valence-corrected chi connectivity index (χ3v) is 5.90. The van der Waals surface area contributed by atoms with Crippen LogP contribution in [0.5, 0.6) is 0 Å². The van der Waals surface area contributed by atoms with Gasteiger partial charge in [-0.2, -0.15) is 0 Å². The summed E-state index contributed by atoms with van der Waals surface area (Å²) in [5, 5.41) is 2.64. The summed E-state index contributed by atoms with van der Waals surface area (Å²) in [6, 6.07) is 10.8. The number of hydrogen-bond donors (Lipinski definition) is 1. The van der Waals surface area contributed by atoms with Crippen molar-refractivity contribution in [3.05, 3.63) is 53.1 Å². The van der Waals surface area contributed by atoms with Gasteiger partial charge in [0.25, 0.3) is 11.1 Å². The molecule has 2 rings (SSSR count). The highest BCUT2D eigenvalue weighted by atomic mass is 35.5. The molecule has 2 aromatic rings. The Morgan fingerprint density at radius 2 is 1.69 bits per heavy atom. The van der Waals surface area contributed by atoms with Gasteiger partial charge in [-0.05, 0) is 54.2 Å². The Morgan fingerprint density at radius 1 is 1.08 bits per heavy atom. The summed E-state index contributed by atoms with van der Waals surface area (Å²) in [4.78, 5) is 26.1. The minimum atomic E-state index is -3.54. The molecule has 0 aliphatic heterocycles. The highest BCUT2D eigenvalue weighted by Gasteiger charge is 2.16. The van der Waals surface area contributed by atoms with Crippen molar-refractivity contribution in [2.45, 2.75) is 9.79 Å². The molecule has 0 aromatic heterocycles. The molecule has 0 saturated carbocycles. The maximum absolute atomic E-state index is 12.3. The summed E-state index contributed by atoms with van der Waals surface area (Å²) in [7, 11) is -0.202. The Hall–Kier alpha value is -2.03. The summed E-state index contributed by atoms with van der Waals surface area (Å²) in [5.74, 6) is -0.462. The SMILES string of the molecule is CN(C)C(=O)Sc1ccc(NC(=O)c2ccc(Cl)c(S(C)(=O)=O)c2)cc1. The normalized spacial score (nSPS) is 11.1. The van der Waals surface area contributed by atoms with Gasteiger partial charge >= 0.3 is 0 Å². The largest absolute Gasteiger partial charge is 0.339 e. The van der Waals surface area contributed by atoms with Gasteiger partial charge in [-0.15, -0.1) is 0 Å². The molecule has 0 fully saturated rings. The maximum atomic E-state index is 12.3. The molecule has 9 heteroatoms. The van der Waals surface area contributed by atoms with Crippen LogP contribution in [0.1, 0.15) is 10.4 Å². The first-order valence-corrected chi connectivity index (χ1v) is 10.5. The average molecular weight is 413 g/mol. The van der Waals surface area contributed by atoms with Gasteiger partial charge < -0.3 is 10.2 Å². The van der Waals surface area contributed by atoms with Crippen LogP contribution < -0.4 is 5.32 Å². The van der Waals surface area contributed by atoms with E-state index in [1.807, 2.05) is 0 Å². The molecule has 0 aliphatic rings. The van der Waals surface area contributed by atoms with E-state index in [0.717, 1.165) is 22.9 Å². The smallest absolute Gasteiger partial charge is 0.285 e. The van der Waals surface area contributed by atoms with Crippen molar-refractivity contribution in [2.24, 2.45) is 0 Å². The maximum Gasteiger partial charge on any atom is 0.285 e. The number of carbonyl (C=O) groups excluding carboxylic acids is 2. The molecule has 0 saturated heterocycles. The number of thioether (sulfide) groups is 1. The Balaban J connectivity index is 2.14. The van der Waals surface area contributed by atoms with Gasteiger partial charge in [-0.1, -0.05) is 11.6 Å². The molecule has 0 aliphatic carbocycles. The Kier molecular flexibility index (Phi) is 6.33. The van der Waals surface area contributed by atoms with Crippen LogP contribution in [0, 0.1) is 0 Å². The third kappa shape index (κ3) is 5.23. The summed E-state index contributed by atoms with van der Waals surface area (Å²) in [6.45, 7) is 0. The first-order chi connectivity index (χ1) is 12.1. The lowest BCUT2D eigenvalue weighted by Crippen LogP contribution is -2.16. The molecule has 2 amide bonds. The van der Waals surface area contributed by atoms with E-state index in [1.54, 1.807) is 38.4 Å². The fourth-order valence-electron chi connectivity index (χ4n) is 1.93.